The van der Waals surface area contributed by atoms with Gasteiger partial charge in [0.25, 0.3) is 0 Å². The van der Waals surface area contributed by atoms with Crippen molar-refractivity contribution in [2.24, 2.45) is 11.8 Å². The minimum atomic E-state index is -0.806. The van der Waals surface area contributed by atoms with Gasteiger partial charge in [-0.3, -0.25) is 4.79 Å². The lowest BCUT2D eigenvalue weighted by Crippen LogP contribution is -2.48. The van der Waals surface area contributed by atoms with Gasteiger partial charge in [-0.15, -0.1) is 0 Å². The lowest BCUT2D eigenvalue weighted by Gasteiger charge is -2.23. The van der Waals surface area contributed by atoms with Crippen LogP contribution in [-0.2, 0) is 9.53 Å². The number of carbonyl (C=O) groups excluding carboxylic acids is 1. The summed E-state index contributed by atoms with van der Waals surface area (Å²) in [5, 5.41) is 15.0. The van der Waals surface area contributed by atoms with Gasteiger partial charge in [-0.05, 0) is 26.2 Å². The standard InChI is InChI=1S/C15H26N2O4/c1-10-11(7-8-21-10)9-16-15(20)17-13-6-4-2-3-5-12(13)14(18)19/h10-13H,2-9H2,1H3,(H,18,19)(H2,16,17,20). The van der Waals surface area contributed by atoms with Crippen molar-refractivity contribution in [3.63, 3.8) is 0 Å². The van der Waals surface area contributed by atoms with Crippen LogP contribution in [0.25, 0.3) is 0 Å². The number of carboxylic acids is 1. The van der Waals surface area contributed by atoms with Crippen LogP contribution in [0.3, 0.4) is 0 Å². The summed E-state index contributed by atoms with van der Waals surface area (Å²) in [7, 11) is 0. The Hall–Kier alpha value is -1.30. The molecule has 120 valence electrons. The highest BCUT2D eigenvalue weighted by Crippen LogP contribution is 2.24. The molecular weight excluding hydrogens is 272 g/mol. The fraction of sp³-hybridized carbons (Fsp3) is 0.867. The molecule has 1 aliphatic heterocycles. The minimum absolute atomic E-state index is 0.176. The van der Waals surface area contributed by atoms with Crippen LogP contribution >= 0.6 is 0 Å². The maximum Gasteiger partial charge on any atom is 0.315 e. The molecule has 2 fully saturated rings. The number of urea groups is 1. The molecule has 0 bridgehead atoms. The molecule has 1 saturated carbocycles. The van der Waals surface area contributed by atoms with Crippen LogP contribution in [-0.4, -0.2) is 42.4 Å². The first-order valence-electron chi connectivity index (χ1n) is 7.96. The van der Waals surface area contributed by atoms with Crippen molar-refractivity contribution < 1.29 is 19.4 Å². The van der Waals surface area contributed by atoms with Gasteiger partial charge in [0.2, 0.25) is 0 Å². The normalized spacial score (nSPS) is 33.2. The second-order valence-corrected chi connectivity index (χ2v) is 6.17. The van der Waals surface area contributed by atoms with Crippen molar-refractivity contribution in [1.82, 2.24) is 10.6 Å². The maximum atomic E-state index is 12.0. The van der Waals surface area contributed by atoms with E-state index in [9.17, 15) is 14.7 Å². The van der Waals surface area contributed by atoms with Gasteiger partial charge >= 0.3 is 12.0 Å². The molecule has 0 radical (unpaired) electrons. The van der Waals surface area contributed by atoms with E-state index in [4.69, 9.17) is 4.74 Å². The number of carbonyl (C=O) groups is 2. The highest BCUT2D eigenvalue weighted by molar-refractivity contribution is 5.76. The molecule has 2 aliphatic rings. The smallest absolute Gasteiger partial charge is 0.315 e. The highest BCUT2D eigenvalue weighted by Gasteiger charge is 2.31. The third kappa shape index (κ3) is 4.59. The summed E-state index contributed by atoms with van der Waals surface area (Å²) in [6.45, 7) is 3.35. The van der Waals surface area contributed by atoms with E-state index in [2.05, 4.69) is 10.6 Å². The summed E-state index contributed by atoms with van der Waals surface area (Å²) in [6, 6.07) is -0.519. The second-order valence-electron chi connectivity index (χ2n) is 6.17. The third-order valence-electron chi connectivity index (χ3n) is 4.71. The molecule has 3 N–H and O–H groups in total. The second kappa shape index (κ2) is 7.64. The summed E-state index contributed by atoms with van der Waals surface area (Å²) >= 11 is 0. The molecule has 1 saturated heterocycles. The summed E-state index contributed by atoms with van der Waals surface area (Å²) in [5.74, 6) is -0.924. The van der Waals surface area contributed by atoms with Crippen molar-refractivity contribution in [3.05, 3.63) is 0 Å². The average Bonchev–Trinajstić information content (AvgIpc) is 2.70. The zero-order valence-corrected chi connectivity index (χ0v) is 12.6. The Morgan fingerprint density at radius 3 is 2.62 bits per heavy atom. The summed E-state index contributed by atoms with van der Waals surface area (Å²) < 4.78 is 5.46. The topological polar surface area (TPSA) is 87.7 Å². The van der Waals surface area contributed by atoms with Gasteiger partial charge in [-0.2, -0.15) is 0 Å². The molecule has 2 amide bonds. The van der Waals surface area contributed by atoms with Crippen molar-refractivity contribution in [1.29, 1.82) is 0 Å². The van der Waals surface area contributed by atoms with Crippen LogP contribution in [0, 0.1) is 11.8 Å². The van der Waals surface area contributed by atoms with Crippen molar-refractivity contribution >= 4 is 12.0 Å². The molecule has 6 nitrogen and oxygen atoms in total. The number of carboxylic acid groups (broad SMARTS) is 1. The number of nitrogens with one attached hydrogen (secondary N) is 2. The van der Waals surface area contributed by atoms with Crippen LogP contribution < -0.4 is 10.6 Å². The number of aliphatic carboxylic acids is 1. The molecule has 21 heavy (non-hydrogen) atoms. The van der Waals surface area contributed by atoms with E-state index in [0.29, 0.717) is 18.9 Å². The Bertz CT molecular complexity index is 375. The largest absolute Gasteiger partial charge is 0.481 e. The number of ether oxygens (including phenoxy) is 1. The summed E-state index contributed by atoms with van der Waals surface area (Å²) in [5.41, 5.74) is 0. The number of rotatable bonds is 4. The Kier molecular flexibility index (Phi) is 5.85. The van der Waals surface area contributed by atoms with E-state index in [0.717, 1.165) is 38.7 Å². The molecule has 0 spiro atoms. The van der Waals surface area contributed by atoms with E-state index < -0.39 is 11.9 Å². The van der Waals surface area contributed by atoms with Crippen LogP contribution in [0.15, 0.2) is 0 Å². The first-order valence-corrected chi connectivity index (χ1v) is 7.96. The Labute approximate surface area is 125 Å². The molecule has 0 aromatic heterocycles. The summed E-state index contributed by atoms with van der Waals surface area (Å²) in [4.78, 5) is 23.3. The molecule has 4 atom stereocenters. The fourth-order valence-corrected chi connectivity index (χ4v) is 3.26. The zero-order chi connectivity index (χ0) is 15.2. The van der Waals surface area contributed by atoms with Crippen LogP contribution in [0.1, 0.15) is 45.4 Å². The predicted octanol–water partition coefficient (Wildman–Crippen LogP) is 1.74. The monoisotopic (exact) mass is 298 g/mol. The predicted molar refractivity (Wildman–Crippen MR) is 78.1 cm³/mol. The number of amides is 2. The van der Waals surface area contributed by atoms with Gasteiger partial charge in [0.15, 0.2) is 0 Å². The van der Waals surface area contributed by atoms with Crippen molar-refractivity contribution in [2.45, 2.75) is 57.6 Å². The first-order chi connectivity index (χ1) is 10.1. The van der Waals surface area contributed by atoms with E-state index in [1.807, 2.05) is 6.92 Å². The van der Waals surface area contributed by atoms with Gasteiger partial charge < -0.3 is 20.5 Å². The molecule has 1 heterocycles. The Balaban J connectivity index is 1.80. The fourth-order valence-electron chi connectivity index (χ4n) is 3.26. The first kappa shape index (κ1) is 16.1. The van der Waals surface area contributed by atoms with E-state index >= 15 is 0 Å². The lowest BCUT2D eigenvalue weighted by molar-refractivity contribution is -0.142. The van der Waals surface area contributed by atoms with Crippen LogP contribution in [0.4, 0.5) is 4.79 Å². The molecule has 6 heteroatoms. The summed E-state index contributed by atoms with van der Waals surface area (Å²) in [6.07, 6.45) is 5.47. The zero-order valence-electron chi connectivity index (χ0n) is 12.6. The van der Waals surface area contributed by atoms with Gasteiger partial charge in [-0.25, -0.2) is 4.79 Å². The maximum absolute atomic E-state index is 12.0. The molecule has 2 rings (SSSR count). The van der Waals surface area contributed by atoms with E-state index in [1.165, 1.54) is 0 Å². The van der Waals surface area contributed by atoms with Gasteiger partial charge in [0.05, 0.1) is 12.0 Å². The van der Waals surface area contributed by atoms with E-state index in [1.54, 1.807) is 0 Å². The SMILES string of the molecule is CC1OCCC1CNC(=O)NC1CCCCCC1C(=O)O. The van der Waals surface area contributed by atoms with Crippen LogP contribution in [0.5, 0.6) is 0 Å². The quantitative estimate of drug-likeness (QED) is 0.690. The molecular formula is C15H26N2O4. The molecule has 1 aliphatic carbocycles. The number of hydrogen-bond donors (Lipinski definition) is 3. The third-order valence-corrected chi connectivity index (χ3v) is 4.71. The van der Waals surface area contributed by atoms with E-state index in [-0.39, 0.29) is 18.2 Å². The van der Waals surface area contributed by atoms with Crippen molar-refractivity contribution in [3.8, 4) is 0 Å². The minimum Gasteiger partial charge on any atom is -0.481 e. The number of hydrogen-bond acceptors (Lipinski definition) is 3. The highest BCUT2D eigenvalue weighted by atomic mass is 16.5. The Morgan fingerprint density at radius 1 is 1.19 bits per heavy atom. The van der Waals surface area contributed by atoms with Crippen molar-refractivity contribution in [2.75, 3.05) is 13.2 Å². The molecule has 4 unspecified atom stereocenters. The Morgan fingerprint density at radius 2 is 1.95 bits per heavy atom. The van der Waals surface area contributed by atoms with Gasteiger partial charge in [-0.1, -0.05) is 19.3 Å². The van der Waals surface area contributed by atoms with Gasteiger partial charge in [0, 0.05) is 25.1 Å². The molecule has 0 aromatic rings. The average molecular weight is 298 g/mol. The van der Waals surface area contributed by atoms with Gasteiger partial charge in [0.1, 0.15) is 0 Å². The lowest BCUT2D eigenvalue weighted by atomic mass is 9.95. The van der Waals surface area contributed by atoms with Crippen LogP contribution in [0.2, 0.25) is 0 Å². The molecule has 0 aromatic carbocycles.